The van der Waals surface area contributed by atoms with Gasteiger partial charge in [-0.25, -0.2) is 4.79 Å². The van der Waals surface area contributed by atoms with Crippen molar-refractivity contribution >= 4 is 11.7 Å². The van der Waals surface area contributed by atoms with Crippen LogP contribution in [0, 0.1) is 17.2 Å². The summed E-state index contributed by atoms with van der Waals surface area (Å²) in [4.78, 5) is 11.9. The van der Waals surface area contributed by atoms with E-state index in [9.17, 15) is 4.79 Å². The second-order valence-corrected chi connectivity index (χ2v) is 5.18. The zero-order valence-corrected chi connectivity index (χ0v) is 11.6. The maximum atomic E-state index is 11.9. The van der Waals surface area contributed by atoms with E-state index < -0.39 is 0 Å². The average Bonchev–Trinajstić information content (AvgIpc) is 2.49. The Labute approximate surface area is 119 Å². The lowest BCUT2D eigenvalue weighted by atomic mass is 9.93. The van der Waals surface area contributed by atoms with Crippen LogP contribution < -0.4 is 16.0 Å². The molecule has 1 aromatic rings. The number of benzene rings is 1. The Morgan fingerprint density at radius 3 is 2.80 bits per heavy atom. The van der Waals surface area contributed by atoms with Gasteiger partial charge in [0.25, 0.3) is 0 Å². The van der Waals surface area contributed by atoms with E-state index in [0.717, 1.165) is 25.9 Å². The number of hydrogen-bond donors (Lipinski definition) is 3. The fourth-order valence-electron chi connectivity index (χ4n) is 2.43. The van der Waals surface area contributed by atoms with Gasteiger partial charge in [0.1, 0.15) is 0 Å². The molecule has 0 saturated carbocycles. The van der Waals surface area contributed by atoms with Gasteiger partial charge in [0.15, 0.2) is 0 Å². The van der Waals surface area contributed by atoms with Gasteiger partial charge >= 0.3 is 6.03 Å². The first-order valence-electron chi connectivity index (χ1n) is 6.97. The molecule has 2 amide bonds. The van der Waals surface area contributed by atoms with E-state index in [1.165, 1.54) is 0 Å². The predicted molar refractivity (Wildman–Crippen MR) is 78.4 cm³/mol. The first kappa shape index (κ1) is 14.4. The molecular formula is C15H20N4O. The van der Waals surface area contributed by atoms with Gasteiger partial charge in [0, 0.05) is 11.7 Å². The summed E-state index contributed by atoms with van der Waals surface area (Å²) in [7, 11) is 0. The van der Waals surface area contributed by atoms with Crippen molar-refractivity contribution in [3.8, 4) is 6.07 Å². The molecule has 0 aromatic heterocycles. The number of nitrogens with zero attached hydrogens (tertiary/aromatic N) is 1. The van der Waals surface area contributed by atoms with Crippen molar-refractivity contribution in [1.29, 1.82) is 5.26 Å². The molecule has 1 aliphatic rings. The van der Waals surface area contributed by atoms with Crippen LogP contribution in [0.15, 0.2) is 24.3 Å². The average molecular weight is 272 g/mol. The topological polar surface area (TPSA) is 77.0 Å². The van der Waals surface area contributed by atoms with Crippen molar-refractivity contribution in [2.75, 3.05) is 18.4 Å². The minimum atomic E-state index is -0.201. The van der Waals surface area contributed by atoms with Crippen LogP contribution in [0.25, 0.3) is 0 Å². The Kier molecular flexibility index (Phi) is 4.97. The number of amides is 2. The lowest BCUT2D eigenvalue weighted by molar-refractivity contribution is 0.238. The first-order chi connectivity index (χ1) is 9.69. The van der Waals surface area contributed by atoms with Gasteiger partial charge in [-0.05, 0) is 63.0 Å². The third-order valence-electron chi connectivity index (χ3n) is 3.67. The molecule has 2 unspecified atom stereocenters. The van der Waals surface area contributed by atoms with E-state index in [4.69, 9.17) is 5.26 Å². The summed E-state index contributed by atoms with van der Waals surface area (Å²) in [6.07, 6.45) is 2.30. The van der Waals surface area contributed by atoms with Crippen LogP contribution >= 0.6 is 0 Å². The molecule has 1 heterocycles. The van der Waals surface area contributed by atoms with Gasteiger partial charge in [-0.1, -0.05) is 0 Å². The van der Waals surface area contributed by atoms with E-state index in [1.807, 2.05) is 13.0 Å². The molecule has 1 aromatic carbocycles. The van der Waals surface area contributed by atoms with Gasteiger partial charge in [0.2, 0.25) is 0 Å². The SMILES string of the molecule is CC(NC(=O)Nc1ccc(C#N)cc1)C1CCCNC1. The number of carbonyl (C=O) groups excluding carboxylic acids is 1. The third kappa shape index (κ3) is 3.97. The number of anilines is 1. The van der Waals surface area contributed by atoms with E-state index in [2.05, 4.69) is 16.0 Å². The van der Waals surface area contributed by atoms with Crippen LogP contribution in [0.4, 0.5) is 10.5 Å². The molecule has 5 nitrogen and oxygen atoms in total. The van der Waals surface area contributed by atoms with Crippen molar-refractivity contribution in [2.24, 2.45) is 5.92 Å². The molecule has 1 aliphatic heterocycles. The number of urea groups is 1. The molecule has 2 rings (SSSR count). The van der Waals surface area contributed by atoms with Gasteiger partial charge in [-0.15, -0.1) is 0 Å². The number of piperidine rings is 1. The molecule has 0 aliphatic carbocycles. The number of rotatable bonds is 3. The maximum absolute atomic E-state index is 11.9. The van der Waals surface area contributed by atoms with Gasteiger partial charge in [-0.3, -0.25) is 0 Å². The maximum Gasteiger partial charge on any atom is 0.319 e. The van der Waals surface area contributed by atoms with Gasteiger partial charge < -0.3 is 16.0 Å². The molecule has 2 atom stereocenters. The van der Waals surface area contributed by atoms with Crippen molar-refractivity contribution < 1.29 is 4.79 Å². The van der Waals surface area contributed by atoms with E-state index in [1.54, 1.807) is 24.3 Å². The molecule has 1 saturated heterocycles. The molecular weight excluding hydrogens is 252 g/mol. The molecule has 0 spiro atoms. The first-order valence-corrected chi connectivity index (χ1v) is 6.97. The van der Waals surface area contributed by atoms with Crippen LogP contribution in [0.5, 0.6) is 0 Å². The zero-order chi connectivity index (χ0) is 14.4. The van der Waals surface area contributed by atoms with Crippen molar-refractivity contribution in [3.05, 3.63) is 29.8 Å². The Balaban J connectivity index is 1.83. The fraction of sp³-hybridized carbons (Fsp3) is 0.467. The summed E-state index contributed by atoms with van der Waals surface area (Å²) in [5.74, 6) is 0.482. The Bertz CT molecular complexity index is 486. The van der Waals surface area contributed by atoms with Crippen LogP contribution in [-0.2, 0) is 0 Å². The monoisotopic (exact) mass is 272 g/mol. The molecule has 3 N–H and O–H groups in total. The highest BCUT2D eigenvalue weighted by Gasteiger charge is 2.21. The second kappa shape index (κ2) is 6.92. The standard InChI is InChI=1S/C15H20N4O/c1-11(13-3-2-8-17-10-13)18-15(20)19-14-6-4-12(9-16)5-7-14/h4-7,11,13,17H,2-3,8,10H2,1H3,(H2,18,19,20). The normalized spacial score (nSPS) is 19.7. The summed E-state index contributed by atoms with van der Waals surface area (Å²) in [6, 6.07) is 8.81. The smallest absolute Gasteiger partial charge is 0.319 e. The summed E-state index contributed by atoms with van der Waals surface area (Å²) in [5.41, 5.74) is 1.27. The number of nitrogens with one attached hydrogen (secondary N) is 3. The second-order valence-electron chi connectivity index (χ2n) is 5.18. The number of nitriles is 1. The summed E-state index contributed by atoms with van der Waals surface area (Å²) in [5, 5.41) is 17.8. The Morgan fingerprint density at radius 2 is 2.20 bits per heavy atom. The van der Waals surface area contributed by atoms with Gasteiger partial charge in [-0.2, -0.15) is 5.26 Å². The van der Waals surface area contributed by atoms with E-state index >= 15 is 0 Å². The third-order valence-corrected chi connectivity index (χ3v) is 3.67. The summed E-state index contributed by atoms with van der Waals surface area (Å²) < 4.78 is 0. The van der Waals surface area contributed by atoms with Crippen LogP contribution in [0.2, 0.25) is 0 Å². The molecule has 106 valence electrons. The fourth-order valence-corrected chi connectivity index (χ4v) is 2.43. The Hall–Kier alpha value is -2.06. The predicted octanol–water partition coefficient (Wildman–Crippen LogP) is 2.07. The highest BCUT2D eigenvalue weighted by atomic mass is 16.2. The van der Waals surface area contributed by atoms with E-state index in [-0.39, 0.29) is 12.1 Å². The zero-order valence-electron chi connectivity index (χ0n) is 11.6. The molecule has 5 heteroatoms. The quantitative estimate of drug-likeness (QED) is 0.788. The molecule has 0 radical (unpaired) electrons. The Morgan fingerprint density at radius 1 is 1.45 bits per heavy atom. The lowest BCUT2D eigenvalue weighted by Crippen LogP contribution is -2.45. The van der Waals surface area contributed by atoms with E-state index in [0.29, 0.717) is 17.2 Å². The van der Waals surface area contributed by atoms with Crippen LogP contribution in [-0.4, -0.2) is 25.2 Å². The highest BCUT2D eigenvalue weighted by Crippen LogP contribution is 2.14. The van der Waals surface area contributed by atoms with Crippen LogP contribution in [0.1, 0.15) is 25.3 Å². The summed E-state index contributed by atoms with van der Waals surface area (Å²) in [6.45, 7) is 4.06. The van der Waals surface area contributed by atoms with Gasteiger partial charge in [0.05, 0.1) is 11.6 Å². The minimum absolute atomic E-state index is 0.140. The summed E-state index contributed by atoms with van der Waals surface area (Å²) >= 11 is 0. The largest absolute Gasteiger partial charge is 0.335 e. The highest BCUT2D eigenvalue weighted by molar-refractivity contribution is 5.89. The van der Waals surface area contributed by atoms with Crippen molar-refractivity contribution in [1.82, 2.24) is 10.6 Å². The lowest BCUT2D eigenvalue weighted by Gasteiger charge is -2.28. The van der Waals surface area contributed by atoms with Crippen molar-refractivity contribution in [3.63, 3.8) is 0 Å². The molecule has 20 heavy (non-hydrogen) atoms. The van der Waals surface area contributed by atoms with Crippen molar-refractivity contribution in [2.45, 2.75) is 25.8 Å². The molecule has 1 fully saturated rings. The number of carbonyl (C=O) groups is 1. The van der Waals surface area contributed by atoms with Crippen LogP contribution in [0.3, 0.4) is 0 Å². The molecule has 0 bridgehead atoms. The minimum Gasteiger partial charge on any atom is -0.335 e. The number of hydrogen-bond acceptors (Lipinski definition) is 3.